The topological polar surface area (TPSA) is 80.3 Å². The standard InChI is InChI=1S/C26H33ClN2O5/c1-32-21-8-6-18(7-9-21)14-29-15-20(30)16-33-17-25-24(29)11-10-22(34-25)12-26(31)28-13-19-4-2-3-5-23(19)27/h2-9,20,22,24-25,30H,10-17H2,1H3,(H,28,31)/t20-,22-,24-,25+/m1/s1. The zero-order valence-electron chi connectivity index (χ0n) is 19.5. The number of hydrogen-bond donors (Lipinski definition) is 2. The Labute approximate surface area is 205 Å². The van der Waals surface area contributed by atoms with Gasteiger partial charge in [0.05, 0.1) is 45.1 Å². The lowest BCUT2D eigenvalue weighted by molar-refractivity contribution is -0.158. The SMILES string of the molecule is COc1ccc(CN2C[C@@H](O)COC[C@@H]3O[C@@H](CC(=O)NCc4ccccc4Cl)CC[C@H]32)cc1. The van der Waals surface area contributed by atoms with Crippen LogP contribution in [-0.2, 0) is 27.4 Å². The Bertz CT molecular complexity index is 941. The van der Waals surface area contributed by atoms with Gasteiger partial charge in [-0.15, -0.1) is 0 Å². The molecular formula is C26H33ClN2O5. The molecule has 0 radical (unpaired) electrons. The molecule has 2 heterocycles. The summed E-state index contributed by atoms with van der Waals surface area (Å²) >= 11 is 6.18. The minimum Gasteiger partial charge on any atom is -0.497 e. The first-order valence-electron chi connectivity index (χ1n) is 11.8. The van der Waals surface area contributed by atoms with E-state index in [-0.39, 0.29) is 30.8 Å². The molecule has 4 rings (SSSR count). The van der Waals surface area contributed by atoms with Gasteiger partial charge in [0.15, 0.2) is 0 Å². The number of ether oxygens (including phenoxy) is 3. The molecule has 2 fully saturated rings. The van der Waals surface area contributed by atoms with Crippen LogP contribution in [0.25, 0.3) is 0 Å². The number of β-amino-alcohol motifs (C(OH)–C–C–N with tert-alkyl or cyclic N) is 1. The van der Waals surface area contributed by atoms with Crippen LogP contribution in [0.5, 0.6) is 5.75 Å². The average Bonchev–Trinajstić information content (AvgIpc) is 2.83. The number of carbonyl (C=O) groups excluding carboxylic acids is 1. The van der Waals surface area contributed by atoms with Gasteiger partial charge in [0.25, 0.3) is 0 Å². The van der Waals surface area contributed by atoms with Crippen molar-refractivity contribution in [1.82, 2.24) is 10.2 Å². The van der Waals surface area contributed by atoms with Crippen molar-refractivity contribution < 1.29 is 24.1 Å². The fraction of sp³-hybridized carbons (Fsp3) is 0.500. The van der Waals surface area contributed by atoms with E-state index in [1.165, 1.54) is 0 Å². The van der Waals surface area contributed by atoms with E-state index in [0.717, 1.165) is 29.7 Å². The predicted molar refractivity (Wildman–Crippen MR) is 130 cm³/mol. The molecule has 0 aromatic heterocycles. The first-order chi connectivity index (χ1) is 16.5. The van der Waals surface area contributed by atoms with E-state index in [1.807, 2.05) is 48.5 Å². The van der Waals surface area contributed by atoms with E-state index in [4.69, 9.17) is 25.8 Å². The molecule has 2 aliphatic rings. The number of aliphatic hydroxyl groups is 1. The summed E-state index contributed by atoms with van der Waals surface area (Å²) in [4.78, 5) is 14.8. The van der Waals surface area contributed by atoms with Crippen LogP contribution in [0.3, 0.4) is 0 Å². The normalized spacial score (nSPS) is 25.6. The molecular weight excluding hydrogens is 456 g/mol. The molecule has 2 aromatic carbocycles. The highest BCUT2D eigenvalue weighted by Crippen LogP contribution is 2.29. The van der Waals surface area contributed by atoms with Gasteiger partial charge in [-0.1, -0.05) is 41.9 Å². The maximum atomic E-state index is 12.6. The molecule has 34 heavy (non-hydrogen) atoms. The first kappa shape index (κ1) is 24.9. The molecule has 184 valence electrons. The number of methoxy groups -OCH3 is 1. The van der Waals surface area contributed by atoms with Gasteiger partial charge < -0.3 is 24.6 Å². The zero-order valence-corrected chi connectivity index (χ0v) is 20.2. The molecule has 2 N–H and O–H groups in total. The number of nitrogens with zero attached hydrogens (tertiary/aromatic N) is 1. The molecule has 0 unspecified atom stereocenters. The summed E-state index contributed by atoms with van der Waals surface area (Å²) in [5, 5.41) is 14.0. The van der Waals surface area contributed by atoms with Crippen LogP contribution in [-0.4, -0.2) is 67.1 Å². The maximum Gasteiger partial charge on any atom is 0.222 e. The van der Waals surface area contributed by atoms with Gasteiger partial charge in [-0.2, -0.15) is 0 Å². The van der Waals surface area contributed by atoms with Gasteiger partial charge in [0.1, 0.15) is 5.75 Å². The summed E-state index contributed by atoms with van der Waals surface area (Å²) in [6, 6.07) is 15.6. The van der Waals surface area contributed by atoms with E-state index in [2.05, 4.69) is 10.2 Å². The van der Waals surface area contributed by atoms with Crippen LogP contribution in [0.1, 0.15) is 30.4 Å². The van der Waals surface area contributed by atoms with Crippen molar-refractivity contribution >= 4 is 17.5 Å². The van der Waals surface area contributed by atoms with Crippen LogP contribution in [0.2, 0.25) is 5.02 Å². The molecule has 1 amide bonds. The van der Waals surface area contributed by atoms with Crippen LogP contribution in [0.15, 0.2) is 48.5 Å². The first-order valence-corrected chi connectivity index (χ1v) is 12.2. The molecule has 7 nitrogen and oxygen atoms in total. The van der Waals surface area contributed by atoms with Gasteiger partial charge in [0.2, 0.25) is 5.91 Å². The number of rotatable bonds is 7. The van der Waals surface area contributed by atoms with Crippen molar-refractivity contribution in [1.29, 1.82) is 0 Å². The van der Waals surface area contributed by atoms with Gasteiger partial charge in [-0.05, 0) is 42.2 Å². The average molecular weight is 489 g/mol. The summed E-state index contributed by atoms with van der Waals surface area (Å²) < 4.78 is 17.3. The van der Waals surface area contributed by atoms with Gasteiger partial charge in [-0.3, -0.25) is 9.69 Å². The Hall–Kier alpha value is -2.16. The fourth-order valence-corrected chi connectivity index (χ4v) is 4.91. The smallest absolute Gasteiger partial charge is 0.222 e. The number of halogens is 1. The van der Waals surface area contributed by atoms with Crippen molar-refractivity contribution in [3.05, 3.63) is 64.7 Å². The molecule has 8 heteroatoms. The molecule has 4 atom stereocenters. The van der Waals surface area contributed by atoms with E-state index >= 15 is 0 Å². The highest BCUT2D eigenvalue weighted by Gasteiger charge is 2.38. The van der Waals surface area contributed by atoms with E-state index < -0.39 is 6.10 Å². The van der Waals surface area contributed by atoms with Crippen molar-refractivity contribution in [3.63, 3.8) is 0 Å². The lowest BCUT2D eigenvalue weighted by Gasteiger charge is -2.44. The molecule has 2 aliphatic heterocycles. The lowest BCUT2D eigenvalue weighted by Crippen LogP contribution is -2.55. The van der Waals surface area contributed by atoms with Crippen LogP contribution >= 0.6 is 11.6 Å². The third-order valence-corrected chi connectivity index (χ3v) is 6.85. The number of nitrogens with one attached hydrogen (secondary N) is 1. The second-order valence-electron chi connectivity index (χ2n) is 8.98. The van der Waals surface area contributed by atoms with Crippen LogP contribution in [0, 0.1) is 0 Å². The third-order valence-electron chi connectivity index (χ3n) is 6.48. The minimum absolute atomic E-state index is 0.0550. The quantitative estimate of drug-likeness (QED) is 0.623. The highest BCUT2D eigenvalue weighted by atomic mass is 35.5. The Morgan fingerprint density at radius 3 is 2.74 bits per heavy atom. The Kier molecular flexibility index (Phi) is 8.80. The van der Waals surface area contributed by atoms with Gasteiger partial charge in [-0.25, -0.2) is 0 Å². The second kappa shape index (κ2) is 12.0. The zero-order chi connectivity index (χ0) is 23.9. The summed E-state index contributed by atoms with van der Waals surface area (Å²) in [6.07, 6.45) is 1.08. The van der Waals surface area contributed by atoms with E-state index in [0.29, 0.717) is 37.7 Å². The summed E-state index contributed by atoms with van der Waals surface area (Å²) in [5.74, 6) is 0.764. The van der Waals surface area contributed by atoms with Crippen molar-refractivity contribution in [2.24, 2.45) is 0 Å². The van der Waals surface area contributed by atoms with Gasteiger partial charge in [0, 0.05) is 30.7 Å². The highest BCUT2D eigenvalue weighted by molar-refractivity contribution is 6.31. The number of benzene rings is 2. The maximum absolute atomic E-state index is 12.6. The van der Waals surface area contributed by atoms with Crippen LogP contribution < -0.4 is 10.1 Å². The fourth-order valence-electron chi connectivity index (χ4n) is 4.71. The number of carbonyl (C=O) groups is 1. The number of hydrogen-bond acceptors (Lipinski definition) is 6. The molecule has 0 saturated carbocycles. The number of fused-ring (bicyclic) bond motifs is 1. The third kappa shape index (κ3) is 6.71. The molecule has 2 aromatic rings. The summed E-state index contributed by atoms with van der Waals surface area (Å²) in [7, 11) is 1.65. The molecule has 0 bridgehead atoms. The Morgan fingerprint density at radius 2 is 1.97 bits per heavy atom. The monoisotopic (exact) mass is 488 g/mol. The largest absolute Gasteiger partial charge is 0.497 e. The second-order valence-corrected chi connectivity index (χ2v) is 9.39. The Balaban J connectivity index is 1.35. The lowest BCUT2D eigenvalue weighted by atomic mass is 9.94. The molecule has 0 spiro atoms. The predicted octanol–water partition coefficient (Wildman–Crippen LogP) is 3.16. The number of amides is 1. The molecule has 0 aliphatic carbocycles. The van der Waals surface area contributed by atoms with Gasteiger partial charge >= 0.3 is 0 Å². The van der Waals surface area contributed by atoms with Crippen molar-refractivity contribution in [3.8, 4) is 5.75 Å². The molecule has 2 saturated heterocycles. The number of aliphatic hydroxyl groups excluding tert-OH is 1. The van der Waals surface area contributed by atoms with Crippen molar-refractivity contribution in [2.45, 2.75) is 56.7 Å². The summed E-state index contributed by atoms with van der Waals surface area (Å²) in [6.45, 7) is 2.29. The Morgan fingerprint density at radius 1 is 1.18 bits per heavy atom. The van der Waals surface area contributed by atoms with Crippen LogP contribution in [0.4, 0.5) is 0 Å². The minimum atomic E-state index is -0.549. The van der Waals surface area contributed by atoms with Crippen molar-refractivity contribution in [2.75, 3.05) is 26.9 Å². The van der Waals surface area contributed by atoms with E-state index in [9.17, 15) is 9.90 Å². The summed E-state index contributed by atoms with van der Waals surface area (Å²) in [5.41, 5.74) is 2.04. The van der Waals surface area contributed by atoms with E-state index in [1.54, 1.807) is 7.11 Å².